The number of aryl methyl sites for hydroxylation is 1. The predicted molar refractivity (Wildman–Crippen MR) is 322 cm³/mol. The lowest BCUT2D eigenvalue weighted by atomic mass is 9.33. The summed E-state index contributed by atoms with van der Waals surface area (Å²) >= 11 is 0. The summed E-state index contributed by atoms with van der Waals surface area (Å²) in [5.74, 6) is 0. The Labute approximate surface area is 448 Å². The van der Waals surface area contributed by atoms with Crippen LogP contribution < -0.4 is 31.1 Å². The summed E-state index contributed by atoms with van der Waals surface area (Å²) in [4.78, 5) is 7.77. The molecule has 4 heteroatoms. The van der Waals surface area contributed by atoms with Gasteiger partial charge in [-0.2, -0.15) is 0 Å². The van der Waals surface area contributed by atoms with E-state index in [9.17, 15) is 0 Å². The summed E-state index contributed by atoms with van der Waals surface area (Å²) in [5, 5.41) is 0. The van der Waals surface area contributed by atoms with Gasteiger partial charge in [0.25, 0.3) is 6.71 Å². The third-order valence-corrected chi connectivity index (χ3v) is 18.8. The third-order valence-electron chi connectivity index (χ3n) is 18.8. The topological polar surface area (TPSA) is 9.72 Å². The van der Waals surface area contributed by atoms with Crippen LogP contribution in [-0.4, -0.2) is 6.71 Å². The molecule has 0 aromatic heterocycles. The van der Waals surface area contributed by atoms with E-state index in [1.807, 2.05) is 0 Å². The van der Waals surface area contributed by atoms with E-state index in [1.165, 1.54) is 119 Å². The van der Waals surface area contributed by atoms with Gasteiger partial charge in [-0.05, 0) is 204 Å². The Morgan fingerprint density at radius 3 is 1.53 bits per heavy atom. The molecule has 0 saturated heterocycles. The van der Waals surface area contributed by atoms with Crippen LogP contribution in [0.2, 0.25) is 0 Å². The molecule has 2 heterocycles. The quantitative estimate of drug-likeness (QED) is 0.159. The fraction of sp³-hybridized carbons (Fsp3) is 0.324. The van der Waals surface area contributed by atoms with Crippen molar-refractivity contribution in [3.05, 3.63) is 202 Å². The summed E-state index contributed by atoms with van der Waals surface area (Å²) in [6.45, 7) is 33.9. The number of anilines is 9. The Balaban J connectivity index is 1.10. The van der Waals surface area contributed by atoms with E-state index in [2.05, 4.69) is 269 Å². The van der Waals surface area contributed by atoms with Crippen molar-refractivity contribution in [1.29, 1.82) is 0 Å². The first-order chi connectivity index (χ1) is 35.4. The average molecular weight is 980 g/mol. The predicted octanol–water partition coefficient (Wildman–Crippen LogP) is 17.5. The molecule has 0 saturated carbocycles. The molecular weight excluding hydrogens is 906 g/mol. The molecule has 5 aliphatic rings. The molecule has 0 bridgehead atoms. The highest BCUT2D eigenvalue weighted by atomic mass is 15.2. The second kappa shape index (κ2) is 15.9. The van der Waals surface area contributed by atoms with E-state index in [0.29, 0.717) is 0 Å². The molecule has 3 aliphatic carbocycles. The van der Waals surface area contributed by atoms with E-state index in [4.69, 9.17) is 0 Å². The molecule has 13 rings (SSSR count). The summed E-state index contributed by atoms with van der Waals surface area (Å²) in [5.41, 5.74) is 29.2. The van der Waals surface area contributed by atoms with Crippen LogP contribution in [-0.2, 0) is 32.5 Å². The smallest absolute Gasteiger partial charge is 0.252 e. The first-order valence-corrected chi connectivity index (χ1v) is 27.9. The fourth-order valence-electron chi connectivity index (χ4n) is 14.9. The van der Waals surface area contributed by atoms with Crippen LogP contribution in [0.25, 0.3) is 11.1 Å². The van der Waals surface area contributed by atoms with Gasteiger partial charge in [0.1, 0.15) is 0 Å². The Hall–Kier alpha value is -6.78. The van der Waals surface area contributed by atoms with Gasteiger partial charge in [0.15, 0.2) is 0 Å². The lowest BCUT2D eigenvalue weighted by molar-refractivity contribution is 0.332. The molecule has 376 valence electrons. The molecule has 2 aliphatic heterocycles. The Bertz CT molecular complexity index is 3640. The highest BCUT2D eigenvalue weighted by Crippen LogP contribution is 2.56. The molecule has 3 nitrogen and oxygen atoms in total. The van der Waals surface area contributed by atoms with Crippen molar-refractivity contribution in [2.24, 2.45) is 0 Å². The molecule has 0 fully saturated rings. The van der Waals surface area contributed by atoms with Crippen LogP contribution in [0, 0.1) is 6.92 Å². The summed E-state index contributed by atoms with van der Waals surface area (Å²) in [7, 11) is 0. The zero-order valence-electron chi connectivity index (χ0n) is 47.1. The standard InChI is InChI=1S/C71H74BN3/c1-44-35-63-65-64(36-44)75(49-27-31-53-56(39-49)68(7,8)34-33-67(53,5)6)62-42-58-57(69(9,10)43-70(58,11)12)41-60(62)72(65)59-32-28-50(73(46-21-17-15-18-22-46)47-23-19-16-20-24-47)40-61(59)74(63)48-26-30-52-51-29-25-45(66(2,3)4)37-54(51)71(13,14)55(52)38-48/h15-32,35-42H,33-34,43H2,1-14H3. The van der Waals surface area contributed by atoms with Crippen molar-refractivity contribution in [1.82, 2.24) is 0 Å². The molecular formula is C71H74BN3. The molecule has 0 atom stereocenters. The minimum Gasteiger partial charge on any atom is -0.311 e. The number of hydrogen-bond donors (Lipinski definition) is 0. The monoisotopic (exact) mass is 980 g/mol. The molecule has 8 aromatic rings. The van der Waals surface area contributed by atoms with Crippen molar-refractivity contribution < 1.29 is 0 Å². The molecule has 0 radical (unpaired) electrons. The number of nitrogens with zero attached hydrogens (tertiary/aromatic N) is 3. The molecule has 8 aromatic carbocycles. The molecule has 0 N–H and O–H groups in total. The van der Waals surface area contributed by atoms with Crippen molar-refractivity contribution in [2.75, 3.05) is 14.7 Å². The zero-order valence-corrected chi connectivity index (χ0v) is 47.1. The Kier molecular flexibility index (Phi) is 10.1. The van der Waals surface area contributed by atoms with E-state index in [-0.39, 0.29) is 39.2 Å². The van der Waals surface area contributed by atoms with Crippen molar-refractivity contribution in [3.63, 3.8) is 0 Å². The van der Waals surface area contributed by atoms with Crippen LogP contribution in [0.3, 0.4) is 0 Å². The maximum absolute atomic E-state index is 2.69. The van der Waals surface area contributed by atoms with E-state index < -0.39 is 0 Å². The van der Waals surface area contributed by atoms with Gasteiger partial charge in [-0.15, -0.1) is 0 Å². The minimum absolute atomic E-state index is 0.00666. The highest BCUT2D eigenvalue weighted by Gasteiger charge is 2.49. The number of benzene rings is 8. The summed E-state index contributed by atoms with van der Waals surface area (Å²) in [6, 6.07) is 61.6. The second-order valence-corrected chi connectivity index (χ2v) is 27.3. The number of hydrogen-bond acceptors (Lipinski definition) is 3. The van der Waals surface area contributed by atoms with Gasteiger partial charge in [0.2, 0.25) is 0 Å². The lowest BCUT2D eigenvalue weighted by Gasteiger charge is -2.46. The van der Waals surface area contributed by atoms with Crippen molar-refractivity contribution in [3.8, 4) is 11.1 Å². The maximum atomic E-state index is 2.69. The van der Waals surface area contributed by atoms with Gasteiger partial charge >= 0.3 is 0 Å². The van der Waals surface area contributed by atoms with Gasteiger partial charge in [-0.3, -0.25) is 0 Å². The summed E-state index contributed by atoms with van der Waals surface area (Å²) in [6.07, 6.45) is 3.48. The first kappa shape index (κ1) is 47.9. The minimum atomic E-state index is -0.195. The second-order valence-electron chi connectivity index (χ2n) is 27.3. The van der Waals surface area contributed by atoms with E-state index in [0.717, 1.165) is 23.5 Å². The van der Waals surface area contributed by atoms with Crippen LogP contribution >= 0.6 is 0 Å². The van der Waals surface area contributed by atoms with Crippen LogP contribution in [0.1, 0.15) is 154 Å². The largest absolute Gasteiger partial charge is 0.311 e. The fourth-order valence-corrected chi connectivity index (χ4v) is 14.9. The van der Waals surface area contributed by atoms with Gasteiger partial charge in [-0.1, -0.05) is 169 Å². The first-order valence-electron chi connectivity index (χ1n) is 27.9. The van der Waals surface area contributed by atoms with Crippen molar-refractivity contribution in [2.45, 2.75) is 149 Å². The highest BCUT2D eigenvalue weighted by molar-refractivity contribution is 7.00. The van der Waals surface area contributed by atoms with Crippen LogP contribution in [0.15, 0.2) is 158 Å². The van der Waals surface area contributed by atoms with E-state index >= 15 is 0 Å². The molecule has 0 unspecified atom stereocenters. The lowest BCUT2D eigenvalue weighted by Crippen LogP contribution is -2.61. The van der Waals surface area contributed by atoms with Gasteiger partial charge in [-0.25, -0.2) is 0 Å². The number of rotatable bonds is 5. The number of fused-ring (bicyclic) bond motifs is 9. The molecule has 0 amide bonds. The zero-order chi connectivity index (χ0) is 52.5. The van der Waals surface area contributed by atoms with Crippen molar-refractivity contribution >= 4 is 74.3 Å². The third kappa shape index (κ3) is 7.13. The van der Waals surface area contributed by atoms with Crippen LogP contribution in [0.5, 0.6) is 0 Å². The van der Waals surface area contributed by atoms with E-state index in [1.54, 1.807) is 0 Å². The Morgan fingerprint density at radius 1 is 0.427 bits per heavy atom. The maximum Gasteiger partial charge on any atom is 0.252 e. The van der Waals surface area contributed by atoms with Gasteiger partial charge < -0.3 is 14.7 Å². The SMILES string of the molecule is Cc1cc2c3c(c1)N(c1ccc4c(c1)C(C)(C)CCC4(C)C)c1cc4c(cc1B3c1ccc(N(c3ccccc3)c3ccccc3)cc1N2c1ccc2c(c1)C(C)(C)c1cc(C(C)(C)C)ccc1-2)C(C)(C)CC4(C)C. The van der Waals surface area contributed by atoms with Gasteiger partial charge in [0.05, 0.1) is 0 Å². The Morgan fingerprint density at radius 2 is 0.933 bits per heavy atom. The average Bonchev–Trinajstić information content (AvgIpc) is 3.74. The molecule has 0 spiro atoms. The molecule has 75 heavy (non-hydrogen) atoms. The van der Waals surface area contributed by atoms with Gasteiger partial charge in [0, 0.05) is 56.6 Å². The normalized spacial score (nSPS) is 18.3. The summed E-state index contributed by atoms with van der Waals surface area (Å²) < 4.78 is 0. The number of para-hydroxylation sites is 2. The van der Waals surface area contributed by atoms with Crippen LogP contribution in [0.4, 0.5) is 51.2 Å².